The molecule has 0 radical (unpaired) electrons. The number of para-hydroxylation sites is 1. The SMILES string of the molecule is CC/C=C(\c1ccccc1C)C(OC(=O)[C@H](C)N1C(=O)C(C)(C)c2ccccc21)c1cccc2ccccc12. The molecule has 5 rings (SSSR count). The van der Waals surface area contributed by atoms with Gasteiger partial charge in [-0.3, -0.25) is 9.69 Å². The molecule has 4 nitrogen and oxygen atoms in total. The fourth-order valence-electron chi connectivity index (χ4n) is 5.69. The van der Waals surface area contributed by atoms with Gasteiger partial charge >= 0.3 is 5.97 Å². The van der Waals surface area contributed by atoms with Crippen LogP contribution in [0.2, 0.25) is 0 Å². The summed E-state index contributed by atoms with van der Waals surface area (Å²) in [5.74, 6) is -0.539. The lowest BCUT2D eigenvalue weighted by Gasteiger charge is -2.29. The Morgan fingerprint density at radius 2 is 1.59 bits per heavy atom. The number of anilines is 1. The molecule has 1 unspecified atom stereocenters. The van der Waals surface area contributed by atoms with Crippen LogP contribution in [0.3, 0.4) is 0 Å². The Morgan fingerprint density at radius 1 is 0.923 bits per heavy atom. The lowest BCUT2D eigenvalue weighted by atomic mass is 9.86. The number of ether oxygens (including phenoxy) is 1. The van der Waals surface area contributed by atoms with Gasteiger partial charge in [-0.05, 0) is 67.6 Å². The van der Waals surface area contributed by atoms with E-state index in [4.69, 9.17) is 4.74 Å². The summed E-state index contributed by atoms with van der Waals surface area (Å²) in [6.07, 6.45) is 2.28. The first kappa shape index (κ1) is 26.4. The molecule has 0 fully saturated rings. The lowest BCUT2D eigenvalue weighted by Crippen LogP contribution is -2.46. The highest BCUT2D eigenvalue weighted by Gasteiger charge is 2.47. The van der Waals surface area contributed by atoms with E-state index in [-0.39, 0.29) is 5.91 Å². The summed E-state index contributed by atoms with van der Waals surface area (Å²) in [7, 11) is 0. The van der Waals surface area contributed by atoms with Crippen LogP contribution in [-0.4, -0.2) is 17.9 Å². The Kier molecular flexibility index (Phi) is 7.14. The zero-order valence-electron chi connectivity index (χ0n) is 23.3. The van der Waals surface area contributed by atoms with Crippen LogP contribution in [0.15, 0.2) is 97.1 Å². The molecule has 0 aromatic heterocycles. The molecule has 4 aromatic carbocycles. The zero-order valence-corrected chi connectivity index (χ0v) is 23.3. The first-order chi connectivity index (χ1) is 18.8. The Balaban J connectivity index is 1.60. The lowest BCUT2D eigenvalue weighted by molar-refractivity contribution is -0.149. The van der Waals surface area contributed by atoms with Crippen LogP contribution in [0.1, 0.15) is 62.5 Å². The average molecular weight is 518 g/mol. The van der Waals surface area contributed by atoms with Gasteiger partial charge in [0.05, 0.1) is 5.41 Å². The molecular formula is C35H35NO3. The van der Waals surface area contributed by atoms with Crippen molar-refractivity contribution in [3.05, 3.63) is 119 Å². The van der Waals surface area contributed by atoms with Gasteiger partial charge in [-0.25, -0.2) is 4.79 Å². The molecule has 0 saturated carbocycles. The number of fused-ring (bicyclic) bond motifs is 2. The van der Waals surface area contributed by atoms with E-state index in [1.54, 1.807) is 11.8 Å². The van der Waals surface area contributed by atoms with E-state index < -0.39 is 23.5 Å². The van der Waals surface area contributed by atoms with Gasteiger partial charge in [-0.1, -0.05) is 97.9 Å². The molecule has 0 aliphatic carbocycles. The van der Waals surface area contributed by atoms with Crippen molar-refractivity contribution in [3.8, 4) is 0 Å². The molecule has 4 aromatic rings. The third-order valence-electron chi connectivity index (χ3n) is 7.82. The molecule has 198 valence electrons. The molecular weight excluding hydrogens is 482 g/mol. The van der Waals surface area contributed by atoms with Gasteiger partial charge in [0.1, 0.15) is 6.04 Å². The third-order valence-corrected chi connectivity index (χ3v) is 7.82. The average Bonchev–Trinajstić information content (AvgIpc) is 3.15. The van der Waals surface area contributed by atoms with Crippen LogP contribution in [0.4, 0.5) is 5.69 Å². The molecule has 1 aliphatic heterocycles. The number of benzene rings is 4. The summed E-state index contributed by atoms with van der Waals surface area (Å²) in [6, 6.07) is 29.4. The van der Waals surface area contributed by atoms with E-state index >= 15 is 0 Å². The van der Waals surface area contributed by atoms with Gasteiger partial charge in [0.2, 0.25) is 5.91 Å². The highest BCUT2D eigenvalue weighted by molar-refractivity contribution is 6.10. The number of nitrogens with zero attached hydrogens (tertiary/aromatic N) is 1. The van der Waals surface area contributed by atoms with E-state index in [0.717, 1.165) is 50.7 Å². The van der Waals surface area contributed by atoms with E-state index in [2.05, 4.69) is 50.3 Å². The number of carbonyl (C=O) groups is 2. The van der Waals surface area contributed by atoms with E-state index in [0.29, 0.717) is 0 Å². The maximum atomic E-state index is 14.0. The molecule has 1 heterocycles. The Morgan fingerprint density at radius 3 is 2.36 bits per heavy atom. The number of hydrogen-bond donors (Lipinski definition) is 0. The van der Waals surface area contributed by atoms with Crippen LogP contribution in [0.5, 0.6) is 0 Å². The first-order valence-corrected chi connectivity index (χ1v) is 13.6. The summed E-state index contributed by atoms with van der Waals surface area (Å²) in [5, 5.41) is 2.11. The molecule has 2 atom stereocenters. The Bertz CT molecular complexity index is 1580. The number of amides is 1. The molecule has 4 heteroatoms. The van der Waals surface area contributed by atoms with Crippen molar-refractivity contribution in [2.75, 3.05) is 4.90 Å². The first-order valence-electron chi connectivity index (χ1n) is 13.6. The van der Waals surface area contributed by atoms with Gasteiger partial charge in [0.15, 0.2) is 6.10 Å². The van der Waals surface area contributed by atoms with Gasteiger partial charge < -0.3 is 4.74 Å². The second-order valence-electron chi connectivity index (χ2n) is 10.8. The molecule has 0 bridgehead atoms. The minimum atomic E-state index is -0.794. The third kappa shape index (κ3) is 4.65. The Hall–Kier alpha value is -4.18. The monoisotopic (exact) mass is 517 g/mol. The van der Waals surface area contributed by atoms with Crippen LogP contribution in [-0.2, 0) is 19.7 Å². The highest BCUT2D eigenvalue weighted by Crippen LogP contribution is 2.43. The standard InChI is InChI=1S/C35H35NO3/c1-6-14-28(26-18-9-7-15-23(26)2)32(29-20-13-17-25-16-8-10-19-27(25)29)39-33(37)24(3)36-31-22-12-11-21-30(31)35(4,5)34(36)38/h7-22,24,32H,6H2,1-5H3/b28-14+/t24-,32?/m0/s1. The second kappa shape index (κ2) is 10.5. The molecule has 1 amide bonds. The van der Waals surface area contributed by atoms with Crippen molar-refractivity contribution < 1.29 is 14.3 Å². The molecule has 0 saturated heterocycles. The summed E-state index contributed by atoms with van der Waals surface area (Å²) in [6.45, 7) is 9.74. The molecule has 0 spiro atoms. The Labute approximate surface area is 230 Å². The van der Waals surface area contributed by atoms with Crippen molar-refractivity contribution in [2.24, 2.45) is 0 Å². The van der Waals surface area contributed by atoms with Crippen molar-refractivity contribution in [3.63, 3.8) is 0 Å². The van der Waals surface area contributed by atoms with Crippen molar-refractivity contribution in [1.82, 2.24) is 0 Å². The quantitative estimate of drug-likeness (QED) is 0.234. The number of rotatable bonds is 7. The molecule has 1 aliphatic rings. The summed E-state index contributed by atoms with van der Waals surface area (Å²) >= 11 is 0. The maximum Gasteiger partial charge on any atom is 0.329 e. The van der Waals surface area contributed by atoms with E-state index in [1.807, 2.05) is 74.5 Å². The van der Waals surface area contributed by atoms with Crippen LogP contribution in [0, 0.1) is 6.92 Å². The van der Waals surface area contributed by atoms with Crippen molar-refractivity contribution in [2.45, 2.75) is 58.6 Å². The van der Waals surface area contributed by atoms with Crippen LogP contribution >= 0.6 is 0 Å². The van der Waals surface area contributed by atoms with Crippen LogP contribution in [0.25, 0.3) is 16.3 Å². The highest BCUT2D eigenvalue weighted by atomic mass is 16.5. The predicted molar refractivity (Wildman–Crippen MR) is 159 cm³/mol. The fraction of sp³-hybridized carbons (Fsp3) is 0.257. The van der Waals surface area contributed by atoms with Crippen LogP contribution < -0.4 is 4.90 Å². The second-order valence-corrected chi connectivity index (χ2v) is 10.8. The topological polar surface area (TPSA) is 46.6 Å². The summed E-state index contributed by atoms with van der Waals surface area (Å²) in [4.78, 5) is 29.2. The number of allylic oxidation sites excluding steroid dienone is 1. The summed E-state index contributed by atoms with van der Waals surface area (Å²) in [5.41, 5.74) is 4.99. The van der Waals surface area contributed by atoms with Crippen molar-refractivity contribution >= 4 is 33.9 Å². The number of carbonyl (C=O) groups excluding carboxylic acids is 2. The number of hydrogen-bond acceptors (Lipinski definition) is 3. The number of esters is 1. The minimum Gasteiger partial charge on any atom is -0.451 e. The predicted octanol–water partition coefficient (Wildman–Crippen LogP) is 7.94. The fourth-order valence-corrected chi connectivity index (χ4v) is 5.69. The largest absolute Gasteiger partial charge is 0.451 e. The minimum absolute atomic E-state index is 0.0990. The van der Waals surface area contributed by atoms with Crippen molar-refractivity contribution in [1.29, 1.82) is 0 Å². The van der Waals surface area contributed by atoms with Gasteiger partial charge in [0, 0.05) is 16.8 Å². The van der Waals surface area contributed by atoms with Gasteiger partial charge in [-0.15, -0.1) is 0 Å². The maximum absolute atomic E-state index is 14.0. The smallest absolute Gasteiger partial charge is 0.329 e. The normalized spacial score (nSPS) is 16.2. The number of aryl methyl sites for hydroxylation is 1. The van der Waals surface area contributed by atoms with Gasteiger partial charge in [0.25, 0.3) is 0 Å². The van der Waals surface area contributed by atoms with E-state index in [9.17, 15) is 9.59 Å². The molecule has 39 heavy (non-hydrogen) atoms. The summed E-state index contributed by atoms with van der Waals surface area (Å²) < 4.78 is 6.47. The molecule has 0 N–H and O–H groups in total. The van der Waals surface area contributed by atoms with Gasteiger partial charge in [-0.2, -0.15) is 0 Å². The zero-order chi connectivity index (χ0) is 27.7. The van der Waals surface area contributed by atoms with E-state index in [1.165, 1.54) is 0 Å².